The molecule has 282 valence electrons. The number of nitrogens with two attached hydrogens (primary N) is 2. The number of aliphatic carboxylic acids is 5. The molecule has 0 bridgehead atoms. The molecule has 50 heavy (non-hydrogen) atoms. The number of Topliss-reactive ketones (excluding diaryl/α,β-unsaturated/α-hetero) is 2. The Balaban J connectivity index is 0.00000229. The number of carbonyl (C=O) groups is 10. The normalized spacial score (nSPS) is 16.8. The number of primary amides is 1. The lowest BCUT2D eigenvalue weighted by molar-refractivity contribution is -0.193. The molecular formula is C30H46N4O16. The molecule has 1 fully saturated rings. The molecule has 2 amide bonds. The maximum absolute atomic E-state index is 13.0. The van der Waals surface area contributed by atoms with Crippen molar-refractivity contribution in [2.45, 2.75) is 114 Å². The van der Waals surface area contributed by atoms with Crippen molar-refractivity contribution in [3.63, 3.8) is 0 Å². The minimum Gasteiger partial charge on any atom is -0.480 e. The van der Waals surface area contributed by atoms with Gasteiger partial charge in [0.2, 0.25) is 29.0 Å². The smallest absolute Gasteiger partial charge is 0.372 e. The van der Waals surface area contributed by atoms with Crippen LogP contribution in [0.15, 0.2) is 0 Å². The quantitative estimate of drug-likeness (QED) is 0.0451. The van der Waals surface area contributed by atoms with Crippen molar-refractivity contribution in [3.8, 4) is 0 Å². The molecule has 0 saturated carbocycles. The van der Waals surface area contributed by atoms with Gasteiger partial charge in [-0.1, -0.05) is 13.8 Å². The van der Waals surface area contributed by atoms with Gasteiger partial charge in [-0.25, -0.2) is 19.2 Å². The molecule has 0 aromatic rings. The van der Waals surface area contributed by atoms with Crippen LogP contribution in [0.3, 0.4) is 0 Å². The topological polar surface area (TPSA) is 348 Å². The highest BCUT2D eigenvalue weighted by Gasteiger charge is 2.53. The van der Waals surface area contributed by atoms with Gasteiger partial charge in [-0.15, -0.1) is 0 Å². The monoisotopic (exact) mass is 718 g/mol. The third kappa shape index (κ3) is 15.1. The van der Waals surface area contributed by atoms with E-state index in [1.807, 2.05) is 0 Å². The van der Waals surface area contributed by atoms with E-state index in [1.54, 1.807) is 13.8 Å². The summed E-state index contributed by atoms with van der Waals surface area (Å²) in [5, 5.41) is 48.8. The molecule has 0 aromatic carbocycles. The zero-order valence-corrected chi connectivity index (χ0v) is 28.0. The summed E-state index contributed by atoms with van der Waals surface area (Å²) in [6.07, 6.45) is -2.82. The summed E-state index contributed by atoms with van der Waals surface area (Å²) in [7, 11) is 1.26. The molecule has 5 atom stereocenters. The van der Waals surface area contributed by atoms with Crippen LogP contribution in [-0.4, -0.2) is 126 Å². The van der Waals surface area contributed by atoms with E-state index in [0.29, 0.717) is 12.8 Å². The number of nitrogens with zero attached hydrogens (tertiary/aromatic N) is 1. The number of esters is 1. The number of nitrogens with one attached hydrogen (secondary N) is 1. The molecule has 0 spiro atoms. The minimum atomic E-state index is -2.63. The van der Waals surface area contributed by atoms with Crippen LogP contribution in [0.1, 0.15) is 84.5 Å². The van der Waals surface area contributed by atoms with Crippen molar-refractivity contribution >= 4 is 59.2 Å². The number of hydrogen-bond donors (Lipinski definition) is 8. The van der Waals surface area contributed by atoms with Gasteiger partial charge >= 0.3 is 35.8 Å². The van der Waals surface area contributed by atoms with Crippen LogP contribution in [0, 0.1) is 5.92 Å². The Kier molecular flexibility index (Phi) is 19.1. The van der Waals surface area contributed by atoms with Crippen molar-refractivity contribution in [2.75, 3.05) is 7.05 Å². The third-order valence-electron chi connectivity index (χ3n) is 7.75. The Hall–Kier alpha value is -4.98. The van der Waals surface area contributed by atoms with Crippen molar-refractivity contribution in [3.05, 3.63) is 0 Å². The Morgan fingerprint density at radius 1 is 0.900 bits per heavy atom. The molecule has 20 heteroatoms. The Morgan fingerprint density at radius 2 is 1.44 bits per heavy atom. The molecule has 20 nitrogen and oxygen atoms in total. The third-order valence-corrected chi connectivity index (χ3v) is 7.75. The average Bonchev–Trinajstić information content (AvgIpc) is 3.46. The molecule has 1 saturated heterocycles. The zero-order valence-electron chi connectivity index (χ0n) is 28.0. The first-order chi connectivity index (χ1) is 23.1. The maximum atomic E-state index is 13.0. The van der Waals surface area contributed by atoms with Crippen LogP contribution in [0.4, 0.5) is 0 Å². The molecule has 0 aliphatic carbocycles. The highest BCUT2D eigenvalue weighted by molar-refractivity contribution is 6.33. The predicted molar refractivity (Wildman–Crippen MR) is 167 cm³/mol. The summed E-state index contributed by atoms with van der Waals surface area (Å²) in [4.78, 5) is 116. The van der Waals surface area contributed by atoms with Crippen molar-refractivity contribution < 1.29 is 78.2 Å². The van der Waals surface area contributed by atoms with Gasteiger partial charge in [0.25, 0.3) is 0 Å². The summed E-state index contributed by atoms with van der Waals surface area (Å²) in [6.45, 7) is 3.42. The molecule has 10 N–H and O–H groups in total. The summed E-state index contributed by atoms with van der Waals surface area (Å²) >= 11 is 0. The number of carboxylic acids is 5. The van der Waals surface area contributed by atoms with E-state index in [4.69, 9.17) is 31.5 Å². The van der Waals surface area contributed by atoms with E-state index < -0.39 is 109 Å². The highest BCUT2D eigenvalue weighted by Crippen LogP contribution is 2.34. The number of hydrogen-bond acceptors (Lipinski definition) is 13. The highest BCUT2D eigenvalue weighted by atomic mass is 16.6. The van der Waals surface area contributed by atoms with E-state index in [0.717, 1.165) is 4.90 Å². The van der Waals surface area contributed by atoms with Gasteiger partial charge in [0.05, 0.1) is 6.04 Å². The molecule has 0 radical (unpaired) electrons. The van der Waals surface area contributed by atoms with Gasteiger partial charge in [0.15, 0.2) is 0 Å². The predicted octanol–water partition coefficient (Wildman–Crippen LogP) is -1.26. The van der Waals surface area contributed by atoms with Gasteiger partial charge < -0.3 is 47.1 Å². The van der Waals surface area contributed by atoms with Gasteiger partial charge in [-0.3, -0.25) is 33.7 Å². The van der Waals surface area contributed by atoms with Gasteiger partial charge in [0, 0.05) is 32.1 Å². The zero-order chi connectivity index (χ0) is 38.9. The van der Waals surface area contributed by atoms with Crippen molar-refractivity contribution in [2.24, 2.45) is 17.4 Å². The number of amides is 2. The lowest BCUT2D eigenvalue weighted by Gasteiger charge is -2.44. The Morgan fingerprint density at radius 3 is 1.82 bits per heavy atom. The van der Waals surface area contributed by atoms with Crippen LogP contribution in [0.5, 0.6) is 0 Å². The largest absolute Gasteiger partial charge is 0.480 e. The number of carboxylic acid groups (broad SMARTS) is 5. The molecule has 1 aliphatic rings. The fourth-order valence-electron chi connectivity index (χ4n) is 5.10. The lowest BCUT2D eigenvalue weighted by atomic mass is 9.82. The second-order valence-corrected chi connectivity index (χ2v) is 12.1. The van der Waals surface area contributed by atoms with Crippen LogP contribution in [0.25, 0.3) is 0 Å². The number of rotatable bonds is 23. The molecule has 1 aliphatic heterocycles. The first-order valence-corrected chi connectivity index (χ1v) is 15.6. The van der Waals surface area contributed by atoms with Crippen LogP contribution in [0.2, 0.25) is 0 Å². The molecule has 1 rings (SSSR count). The maximum Gasteiger partial charge on any atom is 0.372 e. The van der Waals surface area contributed by atoms with E-state index in [9.17, 15) is 58.2 Å². The lowest BCUT2D eigenvalue weighted by Crippen LogP contribution is -2.63. The minimum absolute atomic E-state index is 0.00958. The number of likely N-dealkylation sites (N-methyl/N-ethyl adjacent to an activating group) is 1. The first-order valence-electron chi connectivity index (χ1n) is 15.6. The fraction of sp³-hybridized carbons (Fsp3) is 0.667. The van der Waals surface area contributed by atoms with Crippen LogP contribution >= 0.6 is 0 Å². The molecule has 1 heterocycles. The number of ketones is 2. The fourth-order valence-corrected chi connectivity index (χ4v) is 5.10. The molecule has 2 unspecified atom stereocenters. The Bertz CT molecular complexity index is 1300. The van der Waals surface area contributed by atoms with Gasteiger partial charge in [-0.05, 0) is 51.5 Å². The second kappa shape index (κ2) is 21.2. The Labute approximate surface area is 286 Å². The SMILES string of the molecule is CC(C)C[C@@H](C(=O)O)N(C)C(CCCC(=O)C(=O)O)C(CCCC(=O)C(=O)O)(OC(=O)[C@@H](N)CCC(N)=O)C(=O)O.O=C1CC[C@@H](C(=O)O)N1. The number of carbonyl (C=O) groups excluding carboxylic acids is 5. The average molecular weight is 719 g/mol. The van der Waals surface area contributed by atoms with Crippen molar-refractivity contribution in [1.29, 1.82) is 0 Å². The second-order valence-electron chi connectivity index (χ2n) is 12.1. The number of ether oxygens (including phenoxy) is 1. The van der Waals surface area contributed by atoms with Gasteiger partial charge in [0.1, 0.15) is 18.1 Å². The first kappa shape index (κ1) is 45.0. The van der Waals surface area contributed by atoms with E-state index in [-0.39, 0.29) is 43.9 Å². The summed E-state index contributed by atoms with van der Waals surface area (Å²) in [6, 6.07) is -5.03. The van der Waals surface area contributed by atoms with Crippen LogP contribution < -0.4 is 16.8 Å². The summed E-state index contributed by atoms with van der Waals surface area (Å²) < 4.78 is 5.45. The standard InChI is InChI=1S/C25H39N3O13.C5H7NO3/c1-13(2)12-15(20(32)33)28(3)18(8-4-6-16(29)21(34)35)25(24(39)40,11-5-7-17(30)22(36)37)41-23(38)14(26)9-10-19(27)31;7-4-2-1-3(6-4)5(8)9/h13-15,18H,4-12,26H2,1-3H3,(H2,27,31)(H,32,33)(H,34,35)(H,36,37)(H,39,40);3H,1-2H2,(H,6,7)(H,8,9)/t14-,15-,18?,25?;3-/m00/s1. The van der Waals surface area contributed by atoms with Crippen molar-refractivity contribution in [1.82, 2.24) is 10.2 Å². The molecule has 0 aromatic heterocycles. The summed E-state index contributed by atoms with van der Waals surface area (Å²) in [5.74, 6) is -12.5. The van der Waals surface area contributed by atoms with Gasteiger partial charge in [-0.2, -0.15) is 0 Å². The summed E-state index contributed by atoms with van der Waals surface area (Å²) in [5.41, 5.74) is 8.23. The van der Waals surface area contributed by atoms with E-state index >= 15 is 0 Å². The van der Waals surface area contributed by atoms with E-state index in [1.165, 1.54) is 7.05 Å². The van der Waals surface area contributed by atoms with Crippen LogP contribution in [-0.2, 0) is 52.7 Å². The molecular weight excluding hydrogens is 672 g/mol. The van der Waals surface area contributed by atoms with E-state index in [2.05, 4.69) is 5.32 Å².